The van der Waals surface area contributed by atoms with Crippen LogP contribution in [0, 0.1) is 6.92 Å². The third-order valence-electron chi connectivity index (χ3n) is 4.44. The number of aromatic nitrogens is 2. The summed E-state index contributed by atoms with van der Waals surface area (Å²) >= 11 is 7.41. The van der Waals surface area contributed by atoms with Crippen LogP contribution in [0.1, 0.15) is 55.5 Å². The molecule has 1 amide bonds. The minimum Gasteiger partial charge on any atom is -0.481 e. The van der Waals surface area contributed by atoms with Gasteiger partial charge in [0.2, 0.25) is 5.13 Å². The summed E-state index contributed by atoms with van der Waals surface area (Å²) in [5, 5.41) is 13.4. The van der Waals surface area contributed by atoms with Crippen molar-refractivity contribution in [2.45, 2.75) is 58.0 Å². The van der Waals surface area contributed by atoms with Crippen LogP contribution in [0.25, 0.3) is 0 Å². The van der Waals surface area contributed by atoms with E-state index >= 15 is 0 Å². The lowest BCUT2D eigenvalue weighted by molar-refractivity contribution is -0.122. The minimum absolute atomic E-state index is 0.235. The van der Waals surface area contributed by atoms with E-state index in [4.69, 9.17) is 16.3 Å². The van der Waals surface area contributed by atoms with Gasteiger partial charge >= 0.3 is 0 Å². The predicted molar refractivity (Wildman–Crippen MR) is 101 cm³/mol. The van der Waals surface area contributed by atoms with Gasteiger partial charge in [-0.2, -0.15) is 0 Å². The van der Waals surface area contributed by atoms with Gasteiger partial charge in [0.15, 0.2) is 6.10 Å². The third-order valence-corrected chi connectivity index (χ3v) is 5.67. The molecule has 3 rings (SSSR count). The van der Waals surface area contributed by atoms with Gasteiger partial charge in [-0.3, -0.25) is 10.1 Å². The second kappa shape index (κ2) is 8.15. The Kier molecular flexibility index (Phi) is 5.91. The molecule has 1 N–H and O–H groups in total. The van der Waals surface area contributed by atoms with E-state index in [9.17, 15) is 4.79 Å². The fraction of sp³-hybridized carbons (Fsp3) is 0.500. The van der Waals surface area contributed by atoms with Crippen LogP contribution in [0.2, 0.25) is 5.02 Å². The fourth-order valence-electron chi connectivity index (χ4n) is 3.00. The molecule has 0 saturated heterocycles. The summed E-state index contributed by atoms with van der Waals surface area (Å²) in [5.41, 5.74) is 0.891. The van der Waals surface area contributed by atoms with Crippen LogP contribution < -0.4 is 10.1 Å². The zero-order chi connectivity index (χ0) is 17.8. The number of anilines is 1. The van der Waals surface area contributed by atoms with E-state index in [0.717, 1.165) is 23.4 Å². The molecule has 0 spiro atoms. The van der Waals surface area contributed by atoms with Crippen LogP contribution in [0.5, 0.6) is 5.75 Å². The highest BCUT2D eigenvalue weighted by molar-refractivity contribution is 7.15. The van der Waals surface area contributed by atoms with Gasteiger partial charge in [0.25, 0.3) is 5.91 Å². The van der Waals surface area contributed by atoms with Gasteiger partial charge in [0, 0.05) is 10.9 Å². The van der Waals surface area contributed by atoms with Gasteiger partial charge in [0.1, 0.15) is 10.8 Å². The van der Waals surface area contributed by atoms with Gasteiger partial charge in [-0.1, -0.05) is 42.2 Å². The van der Waals surface area contributed by atoms with Crippen molar-refractivity contribution in [1.29, 1.82) is 0 Å². The summed E-state index contributed by atoms with van der Waals surface area (Å²) in [6.07, 6.45) is 5.49. The lowest BCUT2D eigenvalue weighted by Gasteiger charge is -2.18. The first kappa shape index (κ1) is 18.1. The molecular weight excluding hydrogens is 358 g/mol. The number of ether oxygens (including phenoxy) is 1. The van der Waals surface area contributed by atoms with E-state index in [-0.39, 0.29) is 5.91 Å². The molecule has 0 bridgehead atoms. The molecule has 1 aromatic heterocycles. The van der Waals surface area contributed by atoms with Crippen LogP contribution in [-0.2, 0) is 4.79 Å². The van der Waals surface area contributed by atoms with Crippen molar-refractivity contribution in [3.8, 4) is 5.75 Å². The lowest BCUT2D eigenvalue weighted by Crippen LogP contribution is -2.30. The maximum absolute atomic E-state index is 12.4. The van der Waals surface area contributed by atoms with Crippen LogP contribution in [-0.4, -0.2) is 22.2 Å². The molecule has 1 heterocycles. The molecule has 5 nitrogen and oxygen atoms in total. The number of hydrogen-bond acceptors (Lipinski definition) is 5. The Morgan fingerprint density at radius 1 is 1.32 bits per heavy atom. The summed E-state index contributed by atoms with van der Waals surface area (Å²) in [6, 6.07) is 5.33. The average molecular weight is 380 g/mol. The van der Waals surface area contributed by atoms with E-state index in [1.54, 1.807) is 19.1 Å². The number of carbonyl (C=O) groups excluding carboxylic acids is 1. The molecular formula is C18H22ClN3O2S. The number of nitrogens with one attached hydrogen (secondary N) is 1. The molecule has 0 radical (unpaired) electrons. The summed E-state index contributed by atoms with van der Waals surface area (Å²) in [5.74, 6) is 0.898. The van der Waals surface area contributed by atoms with E-state index in [1.165, 1.54) is 30.6 Å². The van der Waals surface area contributed by atoms with Crippen LogP contribution >= 0.6 is 22.9 Å². The molecule has 1 unspecified atom stereocenters. The monoisotopic (exact) mass is 379 g/mol. The Labute approximate surface area is 156 Å². The van der Waals surface area contributed by atoms with Gasteiger partial charge < -0.3 is 4.74 Å². The molecule has 134 valence electrons. The fourth-order valence-corrected chi connectivity index (χ4v) is 4.14. The Morgan fingerprint density at radius 2 is 2.08 bits per heavy atom. The topological polar surface area (TPSA) is 64.1 Å². The van der Waals surface area contributed by atoms with Crippen LogP contribution in [0.15, 0.2) is 18.2 Å². The van der Waals surface area contributed by atoms with Gasteiger partial charge in [-0.15, -0.1) is 10.2 Å². The number of halogens is 1. The average Bonchev–Trinajstić information content (AvgIpc) is 3.06. The predicted octanol–water partition coefficient (Wildman–Crippen LogP) is 4.95. The van der Waals surface area contributed by atoms with Crippen molar-refractivity contribution in [3.05, 3.63) is 33.8 Å². The van der Waals surface area contributed by atoms with Crippen molar-refractivity contribution >= 4 is 34.0 Å². The second-order valence-corrected chi connectivity index (χ2v) is 7.89. The SMILES string of the molecule is Cc1cc(Cl)ccc1OC(C)C(=O)Nc1nnc(C2CCCCC2)s1. The third kappa shape index (κ3) is 4.70. The maximum Gasteiger partial charge on any atom is 0.266 e. The van der Waals surface area contributed by atoms with Gasteiger partial charge in [-0.05, 0) is 50.5 Å². The van der Waals surface area contributed by atoms with Crippen molar-refractivity contribution in [2.75, 3.05) is 5.32 Å². The standard InChI is InChI=1S/C18H22ClN3O2S/c1-11-10-14(19)8-9-15(11)24-12(2)16(23)20-18-22-21-17(25-18)13-6-4-3-5-7-13/h8-10,12-13H,3-7H2,1-2H3,(H,20,22,23). The Morgan fingerprint density at radius 3 is 2.80 bits per heavy atom. The van der Waals surface area contributed by atoms with Crippen LogP contribution in [0.4, 0.5) is 5.13 Å². The van der Waals surface area contributed by atoms with Crippen molar-refractivity contribution in [3.63, 3.8) is 0 Å². The molecule has 1 atom stereocenters. The van der Waals surface area contributed by atoms with Crippen molar-refractivity contribution in [1.82, 2.24) is 10.2 Å². The number of amides is 1. The molecule has 7 heteroatoms. The quantitative estimate of drug-likeness (QED) is 0.797. The Bertz CT molecular complexity index is 744. The van der Waals surface area contributed by atoms with Crippen molar-refractivity contribution < 1.29 is 9.53 Å². The smallest absolute Gasteiger partial charge is 0.266 e. The number of nitrogens with zero attached hydrogens (tertiary/aromatic N) is 2. The summed E-state index contributed by atoms with van der Waals surface area (Å²) in [6.45, 7) is 3.61. The number of carbonyl (C=O) groups is 1. The first-order valence-electron chi connectivity index (χ1n) is 8.60. The van der Waals surface area contributed by atoms with Crippen molar-refractivity contribution in [2.24, 2.45) is 0 Å². The zero-order valence-corrected chi connectivity index (χ0v) is 16.0. The van der Waals surface area contributed by atoms with E-state index < -0.39 is 6.10 Å². The largest absolute Gasteiger partial charge is 0.481 e. The summed E-state index contributed by atoms with van der Waals surface area (Å²) in [7, 11) is 0. The molecule has 25 heavy (non-hydrogen) atoms. The maximum atomic E-state index is 12.4. The Balaban J connectivity index is 1.58. The molecule has 2 aromatic rings. The number of rotatable bonds is 5. The first-order valence-corrected chi connectivity index (χ1v) is 9.79. The van der Waals surface area contributed by atoms with E-state index in [0.29, 0.717) is 21.8 Å². The molecule has 1 aliphatic rings. The molecule has 1 aliphatic carbocycles. The number of benzene rings is 1. The number of hydrogen-bond donors (Lipinski definition) is 1. The normalized spacial score (nSPS) is 16.4. The summed E-state index contributed by atoms with van der Waals surface area (Å²) in [4.78, 5) is 12.4. The highest BCUT2D eigenvalue weighted by Gasteiger charge is 2.22. The molecule has 1 fully saturated rings. The molecule has 1 saturated carbocycles. The van der Waals surface area contributed by atoms with E-state index in [2.05, 4.69) is 15.5 Å². The molecule has 1 aromatic carbocycles. The molecule has 0 aliphatic heterocycles. The second-order valence-electron chi connectivity index (χ2n) is 6.44. The van der Waals surface area contributed by atoms with Gasteiger partial charge in [0.05, 0.1) is 0 Å². The van der Waals surface area contributed by atoms with Crippen LogP contribution in [0.3, 0.4) is 0 Å². The zero-order valence-electron chi connectivity index (χ0n) is 14.4. The highest BCUT2D eigenvalue weighted by Crippen LogP contribution is 2.35. The van der Waals surface area contributed by atoms with Gasteiger partial charge in [-0.25, -0.2) is 0 Å². The van der Waals surface area contributed by atoms with E-state index in [1.807, 2.05) is 13.0 Å². The lowest BCUT2D eigenvalue weighted by atomic mass is 9.90. The minimum atomic E-state index is -0.637. The Hall–Kier alpha value is -1.66. The number of aryl methyl sites for hydroxylation is 1. The summed E-state index contributed by atoms with van der Waals surface area (Å²) < 4.78 is 5.74. The first-order chi connectivity index (χ1) is 12.0. The highest BCUT2D eigenvalue weighted by atomic mass is 35.5.